The molecule has 4 rings (SSSR count). The fraction of sp³-hybridized carbons (Fsp3) is 0.600. The maximum absolute atomic E-state index is 14.0. The lowest BCUT2D eigenvalue weighted by atomic mass is 9.74. The zero-order chi connectivity index (χ0) is 27.4. The summed E-state index contributed by atoms with van der Waals surface area (Å²) in [4.78, 5) is 40.6. The van der Waals surface area contributed by atoms with E-state index in [4.69, 9.17) is 9.84 Å². The van der Waals surface area contributed by atoms with Crippen molar-refractivity contribution in [1.82, 2.24) is 14.7 Å². The number of carboxylic acids is 1. The molecule has 38 heavy (non-hydrogen) atoms. The fourth-order valence-electron chi connectivity index (χ4n) is 5.73. The van der Waals surface area contributed by atoms with E-state index in [-0.39, 0.29) is 29.3 Å². The van der Waals surface area contributed by atoms with E-state index in [0.29, 0.717) is 31.1 Å². The summed E-state index contributed by atoms with van der Waals surface area (Å²) in [6.45, 7) is 8.91. The Hall–Kier alpha value is -3.16. The summed E-state index contributed by atoms with van der Waals surface area (Å²) < 4.78 is 7.11. The van der Waals surface area contributed by atoms with Gasteiger partial charge in [-0.05, 0) is 76.8 Å². The number of ether oxygens (including phenoxy) is 1. The van der Waals surface area contributed by atoms with Gasteiger partial charge in [0, 0.05) is 25.2 Å². The maximum Gasteiger partial charge on any atom is 0.410 e. The van der Waals surface area contributed by atoms with Gasteiger partial charge in [0.25, 0.3) is 0 Å². The highest BCUT2D eigenvalue weighted by atomic mass is 16.6. The van der Waals surface area contributed by atoms with E-state index in [0.717, 1.165) is 44.2 Å². The van der Waals surface area contributed by atoms with E-state index in [1.165, 1.54) is 6.20 Å². The Bertz CT molecular complexity index is 1120. The van der Waals surface area contributed by atoms with Crippen LogP contribution < -0.4 is 0 Å². The second kappa shape index (κ2) is 11.7. The first-order chi connectivity index (χ1) is 18.0. The molecule has 0 radical (unpaired) electrons. The third-order valence-electron chi connectivity index (χ3n) is 7.92. The van der Waals surface area contributed by atoms with E-state index >= 15 is 0 Å². The molecule has 0 spiro atoms. The van der Waals surface area contributed by atoms with Gasteiger partial charge in [-0.1, -0.05) is 38.0 Å². The van der Waals surface area contributed by atoms with Crippen molar-refractivity contribution in [3.8, 4) is 5.69 Å². The lowest BCUT2D eigenvalue weighted by molar-refractivity contribution is -0.126. The third kappa shape index (κ3) is 6.83. The Kier molecular flexibility index (Phi) is 8.58. The summed E-state index contributed by atoms with van der Waals surface area (Å²) in [5, 5.41) is 14.8. The zero-order valence-electron chi connectivity index (χ0n) is 23.1. The molecule has 2 fully saturated rings. The van der Waals surface area contributed by atoms with Crippen molar-refractivity contribution in [3.63, 3.8) is 0 Å². The molecule has 1 atom stereocenters. The van der Waals surface area contributed by atoms with Crippen molar-refractivity contribution in [2.45, 2.75) is 84.2 Å². The SMILES string of the molecule is CC1CCC(C(=O)C(CC2CCN(C(=O)OC(C)(C)C)CC2)c2nn(-c3ccccc3)cc2C(=O)O)CC1. The standard InChI is InChI=1S/C30H41N3O5/c1-20-10-12-22(13-11-20)27(34)24(18-21-14-16-32(17-15-21)29(37)38-30(2,3)4)26-25(28(35)36)19-33(31-26)23-8-6-5-7-9-23/h5-9,19-22,24H,10-18H2,1-4H3,(H,35,36). The van der Waals surface area contributed by atoms with Crippen LogP contribution in [-0.4, -0.2) is 56.3 Å². The molecular weight excluding hydrogens is 482 g/mol. The van der Waals surface area contributed by atoms with Crippen LogP contribution in [0.4, 0.5) is 4.79 Å². The van der Waals surface area contributed by atoms with Crippen molar-refractivity contribution in [3.05, 3.63) is 47.8 Å². The van der Waals surface area contributed by atoms with Crippen molar-refractivity contribution >= 4 is 17.8 Å². The number of benzene rings is 1. The van der Waals surface area contributed by atoms with Crippen molar-refractivity contribution in [2.24, 2.45) is 17.8 Å². The second-order valence-corrected chi connectivity index (χ2v) is 12.1. The number of para-hydroxylation sites is 1. The first-order valence-corrected chi connectivity index (χ1v) is 13.9. The molecular formula is C30H41N3O5. The largest absolute Gasteiger partial charge is 0.478 e. The summed E-state index contributed by atoms with van der Waals surface area (Å²) >= 11 is 0. The molecule has 1 unspecified atom stereocenters. The number of ketones is 1. The molecule has 8 nitrogen and oxygen atoms in total. The minimum atomic E-state index is -1.07. The van der Waals surface area contributed by atoms with Crippen LogP contribution >= 0.6 is 0 Å². The molecule has 2 heterocycles. The normalized spacial score (nSPS) is 21.6. The molecule has 1 aromatic heterocycles. The van der Waals surface area contributed by atoms with Gasteiger partial charge >= 0.3 is 12.1 Å². The minimum absolute atomic E-state index is 0.0680. The van der Waals surface area contributed by atoms with E-state index in [1.54, 1.807) is 9.58 Å². The van der Waals surface area contributed by atoms with Gasteiger partial charge in [-0.3, -0.25) is 4.79 Å². The zero-order valence-corrected chi connectivity index (χ0v) is 23.1. The summed E-state index contributed by atoms with van der Waals surface area (Å²) in [5.41, 5.74) is 0.653. The van der Waals surface area contributed by atoms with Gasteiger partial charge in [-0.2, -0.15) is 5.10 Å². The number of aromatic nitrogens is 2. The van der Waals surface area contributed by atoms with E-state index in [2.05, 4.69) is 6.92 Å². The number of carboxylic acid groups (broad SMARTS) is 1. The van der Waals surface area contributed by atoms with Gasteiger partial charge in [0.2, 0.25) is 0 Å². The molecule has 206 valence electrons. The summed E-state index contributed by atoms with van der Waals surface area (Å²) in [6, 6.07) is 9.39. The molecule has 8 heteroatoms. The number of Topliss-reactive ketones (excluding diaryl/α,β-unsaturated/α-hetero) is 1. The highest BCUT2D eigenvalue weighted by Gasteiger charge is 2.37. The van der Waals surface area contributed by atoms with Crippen LogP contribution in [0.5, 0.6) is 0 Å². The topological polar surface area (TPSA) is 102 Å². The molecule has 0 bridgehead atoms. The molecule has 1 saturated heterocycles. The number of aromatic carboxylic acids is 1. The molecule has 2 aromatic rings. The Labute approximate surface area is 225 Å². The molecule has 1 aliphatic heterocycles. The highest BCUT2D eigenvalue weighted by molar-refractivity contribution is 5.94. The number of piperidine rings is 1. The first kappa shape index (κ1) is 27.9. The molecule has 1 amide bonds. The van der Waals surface area contributed by atoms with Gasteiger partial charge < -0.3 is 14.7 Å². The van der Waals surface area contributed by atoms with Crippen LogP contribution in [0.2, 0.25) is 0 Å². The number of hydrogen-bond donors (Lipinski definition) is 1. The smallest absolute Gasteiger partial charge is 0.410 e. The molecule has 1 N–H and O–H groups in total. The van der Waals surface area contributed by atoms with Crippen LogP contribution in [0.3, 0.4) is 0 Å². The van der Waals surface area contributed by atoms with Crippen molar-refractivity contribution in [1.29, 1.82) is 0 Å². The number of amides is 1. The average Bonchev–Trinajstić information content (AvgIpc) is 3.33. The number of likely N-dealkylation sites (tertiary alicyclic amines) is 1. The van der Waals surface area contributed by atoms with Gasteiger partial charge in [0.1, 0.15) is 16.9 Å². The maximum atomic E-state index is 14.0. The lowest BCUT2D eigenvalue weighted by Crippen LogP contribution is -2.42. The fourth-order valence-corrected chi connectivity index (χ4v) is 5.73. The number of hydrogen-bond acceptors (Lipinski definition) is 5. The minimum Gasteiger partial charge on any atom is -0.478 e. The summed E-state index contributed by atoms with van der Waals surface area (Å²) in [5.74, 6) is -0.802. The highest BCUT2D eigenvalue weighted by Crippen LogP contribution is 2.38. The van der Waals surface area contributed by atoms with Crippen LogP contribution in [0, 0.1) is 17.8 Å². The van der Waals surface area contributed by atoms with Gasteiger partial charge in [0.05, 0.1) is 17.3 Å². The number of rotatable bonds is 7. The van der Waals surface area contributed by atoms with Gasteiger partial charge in [-0.25, -0.2) is 14.3 Å². The predicted molar refractivity (Wildman–Crippen MR) is 145 cm³/mol. The molecule has 1 aliphatic carbocycles. The molecule has 1 saturated carbocycles. The Morgan fingerprint density at radius 3 is 2.24 bits per heavy atom. The number of carbonyl (C=O) groups excluding carboxylic acids is 2. The third-order valence-corrected chi connectivity index (χ3v) is 7.92. The van der Waals surface area contributed by atoms with E-state index in [1.807, 2.05) is 51.1 Å². The van der Waals surface area contributed by atoms with Crippen molar-refractivity contribution < 1.29 is 24.2 Å². The summed E-state index contributed by atoms with van der Waals surface area (Å²) in [6.07, 6.45) is 6.96. The predicted octanol–water partition coefficient (Wildman–Crippen LogP) is 6.09. The Morgan fingerprint density at radius 2 is 1.66 bits per heavy atom. The van der Waals surface area contributed by atoms with Crippen LogP contribution in [0.25, 0.3) is 5.69 Å². The Morgan fingerprint density at radius 1 is 1.03 bits per heavy atom. The molecule has 1 aromatic carbocycles. The summed E-state index contributed by atoms with van der Waals surface area (Å²) in [7, 11) is 0. The van der Waals surface area contributed by atoms with Crippen molar-refractivity contribution in [2.75, 3.05) is 13.1 Å². The van der Waals surface area contributed by atoms with Crippen LogP contribution in [-0.2, 0) is 9.53 Å². The molecule has 2 aliphatic rings. The number of nitrogens with zero attached hydrogens (tertiary/aromatic N) is 3. The Balaban J connectivity index is 1.57. The van der Waals surface area contributed by atoms with Crippen LogP contribution in [0.1, 0.15) is 94.6 Å². The first-order valence-electron chi connectivity index (χ1n) is 13.9. The van der Waals surface area contributed by atoms with Gasteiger partial charge in [0.15, 0.2) is 0 Å². The monoisotopic (exact) mass is 523 g/mol. The van der Waals surface area contributed by atoms with Gasteiger partial charge in [-0.15, -0.1) is 0 Å². The number of carbonyl (C=O) groups is 3. The van der Waals surface area contributed by atoms with E-state index in [9.17, 15) is 19.5 Å². The van der Waals surface area contributed by atoms with Crippen LogP contribution in [0.15, 0.2) is 36.5 Å². The lowest BCUT2D eigenvalue weighted by Gasteiger charge is -2.35. The van der Waals surface area contributed by atoms with E-state index < -0.39 is 17.5 Å². The average molecular weight is 524 g/mol. The quantitative estimate of drug-likeness (QED) is 0.471. The second-order valence-electron chi connectivity index (χ2n) is 12.1.